The fraction of sp³-hybridized carbons (Fsp3) is 0.381. The number of rotatable bonds is 2. The van der Waals surface area contributed by atoms with Crippen molar-refractivity contribution >= 4 is 17.5 Å². The molecule has 4 rings (SSSR count). The van der Waals surface area contributed by atoms with Gasteiger partial charge in [0, 0.05) is 24.6 Å². The Kier molecular flexibility index (Phi) is 4.44. The molecule has 140 valence electrons. The van der Waals surface area contributed by atoms with Crippen molar-refractivity contribution in [2.45, 2.75) is 31.9 Å². The summed E-state index contributed by atoms with van der Waals surface area (Å²) in [7, 11) is 0. The summed E-state index contributed by atoms with van der Waals surface area (Å²) < 4.78 is 5.97. The molecule has 0 spiro atoms. The lowest BCUT2D eigenvalue weighted by atomic mass is 9.85. The largest absolute Gasteiger partial charge is 0.361 e. The summed E-state index contributed by atoms with van der Waals surface area (Å²) in [5, 5.41) is 0. The number of para-hydroxylation sites is 1. The Bertz CT molecular complexity index is 870. The number of likely N-dealkylation sites (tertiary alicyclic amines) is 1. The van der Waals surface area contributed by atoms with Crippen LogP contribution < -0.4 is 4.90 Å². The van der Waals surface area contributed by atoms with Gasteiger partial charge in [-0.25, -0.2) is 0 Å². The minimum atomic E-state index is -0.602. The number of benzene rings is 1. The maximum atomic E-state index is 12.9. The lowest BCUT2D eigenvalue weighted by Crippen LogP contribution is -2.68. The number of anilines is 1. The smallest absolute Gasteiger partial charge is 0.255 e. The van der Waals surface area contributed by atoms with Crippen molar-refractivity contribution < 1.29 is 14.3 Å². The van der Waals surface area contributed by atoms with E-state index in [0.717, 1.165) is 11.3 Å². The molecular formula is C21H23N3O3. The Labute approximate surface area is 158 Å². The number of carbonyl (C=O) groups excluding carboxylic acids is 2. The van der Waals surface area contributed by atoms with Crippen molar-refractivity contribution in [2.24, 2.45) is 0 Å². The molecule has 0 unspecified atom stereocenters. The Hall–Kier alpha value is -2.73. The number of aryl methyl sites for hydroxylation is 1. The Morgan fingerprint density at radius 1 is 1.26 bits per heavy atom. The molecule has 3 heterocycles. The van der Waals surface area contributed by atoms with E-state index in [1.807, 2.05) is 60.0 Å². The van der Waals surface area contributed by atoms with E-state index in [2.05, 4.69) is 4.98 Å². The van der Waals surface area contributed by atoms with Crippen LogP contribution in [0.15, 0.2) is 48.8 Å². The van der Waals surface area contributed by atoms with Crippen LogP contribution in [0.5, 0.6) is 0 Å². The lowest BCUT2D eigenvalue weighted by molar-refractivity contribution is -0.149. The zero-order valence-electron chi connectivity index (χ0n) is 15.6. The van der Waals surface area contributed by atoms with Gasteiger partial charge < -0.3 is 14.5 Å². The Balaban J connectivity index is 1.59. The molecule has 2 saturated heterocycles. The number of nitrogens with zero attached hydrogens (tertiary/aromatic N) is 3. The molecule has 2 aliphatic heterocycles. The zero-order valence-corrected chi connectivity index (χ0v) is 15.6. The highest BCUT2D eigenvalue weighted by molar-refractivity contribution is 5.97. The predicted molar refractivity (Wildman–Crippen MR) is 102 cm³/mol. The topological polar surface area (TPSA) is 62.7 Å². The molecule has 2 fully saturated rings. The van der Waals surface area contributed by atoms with Gasteiger partial charge in [-0.05, 0) is 44.0 Å². The third-order valence-electron chi connectivity index (χ3n) is 5.43. The van der Waals surface area contributed by atoms with Gasteiger partial charge in [-0.15, -0.1) is 0 Å². The van der Waals surface area contributed by atoms with Gasteiger partial charge in [0.15, 0.2) is 0 Å². The molecule has 6 heteroatoms. The molecule has 6 nitrogen and oxygen atoms in total. The third kappa shape index (κ3) is 3.21. The van der Waals surface area contributed by atoms with E-state index in [9.17, 15) is 9.59 Å². The lowest BCUT2D eigenvalue weighted by Gasteiger charge is -2.52. The fourth-order valence-electron chi connectivity index (χ4n) is 4.10. The van der Waals surface area contributed by atoms with Crippen molar-refractivity contribution in [3.05, 3.63) is 59.9 Å². The molecule has 2 atom stereocenters. The van der Waals surface area contributed by atoms with Gasteiger partial charge in [-0.1, -0.05) is 18.2 Å². The number of amides is 2. The first-order valence-corrected chi connectivity index (χ1v) is 9.20. The molecule has 2 amide bonds. The van der Waals surface area contributed by atoms with E-state index in [4.69, 9.17) is 4.74 Å². The van der Waals surface area contributed by atoms with E-state index in [1.54, 1.807) is 12.4 Å². The maximum absolute atomic E-state index is 12.9. The first-order chi connectivity index (χ1) is 13.0. The zero-order chi connectivity index (χ0) is 19.0. The van der Waals surface area contributed by atoms with Gasteiger partial charge in [-0.3, -0.25) is 14.6 Å². The minimum Gasteiger partial charge on any atom is -0.361 e. The van der Waals surface area contributed by atoms with Crippen molar-refractivity contribution in [3.63, 3.8) is 0 Å². The number of aromatic nitrogens is 1. The number of hydrogen-bond acceptors (Lipinski definition) is 4. The summed E-state index contributed by atoms with van der Waals surface area (Å²) in [5.41, 5.74) is 1.82. The number of ether oxygens (including phenoxy) is 1. The van der Waals surface area contributed by atoms with Crippen molar-refractivity contribution in [3.8, 4) is 0 Å². The summed E-state index contributed by atoms with van der Waals surface area (Å²) in [6, 6.07) is 11.4. The van der Waals surface area contributed by atoms with Crippen LogP contribution in [0, 0.1) is 6.92 Å². The number of fused-ring (bicyclic) bond motifs is 1. The van der Waals surface area contributed by atoms with Crippen LogP contribution in [0.3, 0.4) is 0 Å². The molecule has 0 N–H and O–H groups in total. The number of pyridine rings is 1. The second-order valence-electron chi connectivity index (χ2n) is 7.48. The standard InChI is InChI=1S/C21H23N3O3/c1-15-10-16(12-22-11-15)20(26)23-9-8-18-21(2,14-23)27-13-19(25)24(18)17-6-4-3-5-7-17/h3-7,10-12,18H,8-9,13-14H2,1-2H3/t18-,21-/m1/s1. The Morgan fingerprint density at radius 3 is 2.78 bits per heavy atom. The minimum absolute atomic E-state index is 0.0237. The summed E-state index contributed by atoms with van der Waals surface area (Å²) in [5.74, 6) is -0.0797. The molecule has 2 aromatic rings. The first kappa shape index (κ1) is 17.7. The monoisotopic (exact) mass is 365 g/mol. The molecule has 1 aromatic carbocycles. The normalized spacial score (nSPS) is 25.3. The van der Waals surface area contributed by atoms with Gasteiger partial charge in [0.2, 0.25) is 0 Å². The van der Waals surface area contributed by atoms with Crippen LogP contribution in [0.25, 0.3) is 0 Å². The van der Waals surface area contributed by atoms with Crippen LogP contribution in [0.2, 0.25) is 0 Å². The molecule has 27 heavy (non-hydrogen) atoms. The highest BCUT2D eigenvalue weighted by Crippen LogP contribution is 2.36. The molecule has 1 aromatic heterocycles. The van der Waals surface area contributed by atoms with E-state index < -0.39 is 5.60 Å². The highest BCUT2D eigenvalue weighted by atomic mass is 16.5. The van der Waals surface area contributed by atoms with Crippen molar-refractivity contribution in [2.75, 3.05) is 24.6 Å². The van der Waals surface area contributed by atoms with Gasteiger partial charge >= 0.3 is 0 Å². The number of hydrogen-bond donors (Lipinski definition) is 0. The van der Waals surface area contributed by atoms with E-state index in [1.165, 1.54) is 0 Å². The maximum Gasteiger partial charge on any atom is 0.255 e. The predicted octanol–water partition coefficient (Wildman–Crippen LogP) is 2.43. The Morgan fingerprint density at radius 2 is 2.04 bits per heavy atom. The molecule has 0 radical (unpaired) electrons. The third-order valence-corrected chi connectivity index (χ3v) is 5.43. The molecular weight excluding hydrogens is 342 g/mol. The van der Waals surface area contributed by atoms with Crippen LogP contribution in [-0.2, 0) is 9.53 Å². The van der Waals surface area contributed by atoms with Gasteiger partial charge in [0.1, 0.15) is 12.2 Å². The second-order valence-corrected chi connectivity index (χ2v) is 7.48. The fourth-order valence-corrected chi connectivity index (χ4v) is 4.10. The van der Waals surface area contributed by atoms with Crippen LogP contribution in [0.1, 0.15) is 29.3 Å². The molecule has 0 saturated carbocycles. The SMILES string of the molecule is Cc1cncc(C(=O)N2CC[C@H]3N(c4ccccc4)C(=O)CO[C@]3(C)C2)c1. The van der Waals surface area contributed by atoms with Crippen molar-refractivity contribution in [1.82, 2.24) is 9.88 Å². The van der Waals surface area contributed by atoms with Gasteiger partial charge in [-0.2, -0.15) is 0 Å². The van der Waals surface area contributed by atoms with E-state index in [0.29, 0.717) is 25.1 Å². The van der Waals surface area contributed by atoms with Crippen LogP contribution in [0.4, 0.5) is 5.69 Å². The van der Waals surface area contributed by atoms with Crippen LogP contribution >= 0.6 is 0 Å². The van der Waals surface area contributed by atoms with E-state index >= 15 is 0 Å². The summed E-state index contributed by atoms with van der Waals surface area (Å²) >= 11 is 0. The van der Waals surface area contributed by atoms with Gasteiger partial charge in [0.05, 0.1) is 18.2 Å². The summed E-state index contributed by atoms with van der Waals surface area (Å²) in [4.78, 5) is 33.3. The molecule has 0 bridgehead atoms. The van der Waals surface area contributed by atoms with Crippen LogP contribution in [-0.4, -0.2) is 53.0 Å². The second kappa shape index (κ2) is 6.78. The average molecular weight is 365 g/mol. The summed E-state index contributed by atoms with van der Waals surface area (Å²) in [6.07, 6.45) is 4.01. The number of carbonyl (C=O) groups is 2. The number of piperidine rings is 1. The first-order valence-electron chi connectivity index (χ1n) is 9.20. The van der Waals surface area contributed by atoms with E-state index in [-0.39, 0.29) is 24.5 Å². The highest BCUT2D eigenvalue weighted by Gasteiger charge is 2.50. The summed E-state index contributed by atoms with van der Waals surface area (Å²) in [6.45, 7) is 4.96. The molecule has 2 aliphatic rings. The number of morpholine rings is 1. The quantitative estimate of drug-likeness (QED) is 0.820. The van der Waals surface area contributed by atoms with Crippen molar-refractivity contribution in [1.29, 1.82) is 0 Å². The van der Waals surface area contributed by atoms with Gasteiger partial charge in [0.25, 0.3) is 11.8 Å². The average Bonchev–Trinajstić information content (AvgIpc) is 2.68. The molecule has 0 aliphatic carbocycles.